The zero-order chi connectivity index (χ0) is 23.2. The molecular formula is C21H18F3N5O2S2. The van der Waals surface area contributed by atoms with E-state index in [2.05, 4.69) is 25.6 Å². The average Bonchev–Trinajstić information content (AvgIpc) is 3.31. The highest BCUT2D eigenvalue weighted by Crippen LogP contribution is 2.40. The van der Waals surface area contributed by atoms with Gasteiger partial charge in [0.15, 0.2) is 0 Å². The van der Waals surface area contributed by atoms with Gasteiger partial charge in [0.25, 0.3) is 0 Å². The van der Waals surface area contributed by atoms with Gasteiger partial charge in [0.2, 0.25) is 5.91 Å². The number of aromatic amines is 1. The van der Waals surface area contributed by atoms with Crippen molar-refractivity contribution in [2.45, 2.75) is 31.9 Å². The van der Waals surface area contributed by atoms with Crippen LogP contribution in [0.1, 0.15) is 23.3 Å². The van der Waals surface area contributed by atoms with Crippen molar-refractivity contribution in [1.29, 1.82) is 0 Å². The molecular weight excluding hydrogens is 475 g/mol. The average molecular weight is 494 g/mol. The summed E-state index contributed by atoms with van der Waals surface area (Å²) in [6.07, 6.45) is -2.21. The molecule has 0 saturated heterocycles. The molecule has 1 amide bonds. The molecule has 3 N–H and O–H groups in total. The molecule has 0 aliphatic heterocycles. The van der Waals surface area contributed by atoms with Crippen LogP contribution < -0.4 is 15.5 Å². The maximum absolute atomic E-state index is 12.4. The van der Waals surface area contributed by atoms with Crippen LogP contribution in [0.2, 0.25) is 0 Å². The predicted octanol–water partition coefficient (Wildman–Crippen LogP) is 4.51. The van der Waals surface area contributed by atoms with Gasteiger partial charge in [0.1, 0.15) is 17.0 Å². The highest BCUT2D eigenvalue weighted by molar-refractivity contribution is 7.19. The molecule has 0 bridgehead atoms. The summed E-state index contributed by atoms with van der Waals surface area (Å²) in [5.74, 6) is -0.0552. The number of alkyl halides is 3. The number of hydrogen-bond acceptors (Lipinski definition) is 7. The number of aryl methyl sites for hydroxylation is 1. The molecule has 7 nitrogen and oxygen atoms in total. The molecule has 3 aromatic heterocycles. The summed E-state index contributed by atoms with van der Waals surface area (Å²) >= 11 is 2.62. The van der Waals surface area contributed by atoms with Gasteiger partial charge in [-0.2, -0.15) is 13.2 Å². The first-order chi connectivity index (χ1) is 15.8. The van der Waals surface area contributed by atoms with E-state index in [1.165, 1.54) is 17.7 Å². The van der Waals surface area contributed by atoms with Crippen LogP contribution in [0.3, 0.4) is 0 Å². The minimum absolute atomic E-state index is 0.115. The predicted molar refractivity (Wildman–Crippen MR) is 122 cm³/mol. The van der Waals surface area contributed by atoms with Crippen LogP contribution in [0, 0.1) is 5.92 Å². The molecule has 5 rings (SSSR count). The Kier molecular flexibility index (Phi) is 5.57. The van der Waals surface area contributed by atoms with Crippen molar-refractivity contribution < 1.29 is 18.0 Å². The monoisotopic (exact) mass is 493 g/mol. The number of benzene rings is 1. The maximum Gasteiger partial charge on any atom is 0.390 e. The SMILES string of the molecule is O=C(NCCC(F)(F)F)C1CCc2c(sc3ncnc(Nc4ccc5[nH]c(=O)sc5c4)c23)C1. The number of amides is 1. The summed E-state index contributed by atoms with van der Waals surface area (Å²) in [5.41, 5.74) is 2.64. The molecule has 172 valence electrons. The second-order valence-electron chi connectivity index (χ2n) is 7.85. The number of rotatable bonds is 5. The Morgan fingerprint density at radius 3 is 2.91 bits per heavy atom. The number of aromatic nitrogens is 3. The lowest BCUT2D eigenvalue weighted by molar-refractivity contribution is -0.136. The molecule has 4 aromatic rings. The van der Waals surface area contributed by atoms with Crippen LogP contribution in [-0.2, 0) is 17.6 Å². The molecule has 0 spiro atoms. The largest absolute Gasteiger partial charge is 0.390 e. The number of hydrogen-bond donors (Lipinski definition) is 3. The summed E-state index contributed by atoms with van der Waals surface area (Å²) in [6.45, 7) is -0.405. The number of carbonyl (C=O) groups excluding carboxylic acids is 1. The van der Waals surface area contributed by atoms with Crippen molar-refractivity contribution in [3.8, 4) is 0 Å². The number of thiazole rings is 1. The minimum atomic E-state index is -4.29. The molecule has 3 heterocycles. The first kappa shape index (κ1) is 21.8. The van der Waals surface area contributed by atoms with Crippen LogP contribution >= 0.6 is 22.7 Å². The van der Waals surface area contributed by atoms with Crippen molar-refractivity contribution in [3.05, 3.63) is 44.6 Å². The van der Waals surface area contributed by atoms with Crippen molar-refractivity contribution in [3.63, 3.8) is 0 Å². The number of thiophene rings is 1. The van der Waals surface area contributed by atoms with Crippen LogP contribution in [0.4, 0.5) is 24.7 Å². The van der Waals surface area contributed by atoms with Gasteiger partial charge in [-0.05, 0) is 43.0 Å². The molecule has 1 aromatic carbocycles. The summed E-state index contributed by atoms with van der Waals surface area (Å²) in [7, 11) is 0. The standard InChI is InChI=1S/C21H18F3N5O2S2/c22-21(23,24)5-6-25-18(30)10-1-3-12-14(7-10)32-19-16(12)17(26-9-27-19)28-11-2-4-13-15(8-11)33-20(31)29-13/h2,4,8-10H,1,3,5-7H2,(H,25,30)(H,29,31)(H,26,27,28). The second-order valence-corrected chi connectivity index (χ2v) is 9.95. The van der Waals surface area contributed by atoms with E-state index in [1.807, 2.05) is 18.2 Å². The number of nitrogens with zero attached hydrogens (tertiary/aromatic N) is 2. The number of anilines is 2. The van der Waals surface area contributed by atoms with E-state index in [1.54, 1.807) is 0 Å². The van der Waals surface area contributed by atoms with E-state index >= 15 is 0 Å². The van der Waals surface area contributed by atoms with Gasteiger partial charge < -0.3 is 15.6 Å². The van der Waals surface area contributed by atoms with Crippen molar-refractivity contribution in [1.82, 2.24) is 20.3 Å². The van der Waals surface area contributed by atoms with Gasteiger partial charge in [0, 0.05) is 23.0 Å². The van der Waals surface area contributed by atoms with E-state index < -0.39 is 19.1 Å². The van der Waals surface area contributed by atoms with E-state index in [4.69, 9.17) is 0 Å². The minimum Gasteiger partial charge on any atom is -0.356 e. The Bertz CT molecular complexity index is 1410. The Morgan fingerprint density at radius 2 is 2.09 bits per heavy atom. The molecule has 0 saturated carbocycles. The third-order valence-corrected chi connectivity index (χ3v) is 7.62. The van der Waals surface area contributed by atoms with E-state index in [-0.39, 0.29) is 16.7 Å². The van der Waals surface area contributed by atoms with Crippen molar-refractivity contribution in [2.24, 2.45) is 5.92 Å². The van der Waals surface area contributed by atoms with Gasteiger partial charge in [-0.25, -0.2) is 9.97 Å². The number of H-pyrrole nitrogens is 1. The van der Waals surface area contributed by atoms with Crippen molar-refractivity contribution in [2.75, 3.05) is 11.9 Å². The van der Waals surface area contributed by atoms with Gasteiger partial charge in [-0.3, -0.25) is 9.59 Å². The van der Waals surface area contributed by atoms with Crippen LogP contribution in [-0.4, -0.2) is 33.6 Å². The van der Waals surface area contributed by atoms with Gasteiger partial charge in [-0.1, -0.05) is 11.3 Å². The first-order valence-electron chi connectivity index (χ1n) is 10.3. The molecule has 1 aliphatic rings. The fourth-order valence-electron chi connectivity index (χ4n) is 4.06. The van der Waals surface area contributed by atoms with Crippen LogP contribution in [0.5, 0.6) is 0 Å². The number of fused-ring (bicyclic) bond motifs is 4. The summed E-state index contributed by atoms with van der Waals surface area (Å²) in [4.78, 5) is 37.2. The Morgan fingerprint density at radius 1 is 1.24 bits per heavy atom. The molecule has 1 atom stereocenters. The van der Waals surface area contributed by atoms with E-state index in [0.717, 1.165) is 47.9 Å². The number of carbonyl (C=O) groups is 1. The van der Waals surface area contributed by atoms with Crippen molar-refractivity contribution >= 4 is 60.5 Å². The molecule has 12 heteroatoms. The zero-order valence-corrected chi connectivity index (χ0v) is 18.7. The lowest BCUT2D eigenvalue weighted by Gasteiger charge is -2.22. The van der Waals surface area contributed by atoms with E-state index in [0.29, 0.717) is 25.1 Å². The fraction of sp³-hybridized carbons (Fsp3) is 0.333. The summed E-state index contributed by atoms with van der Waals surface area (Å²) in [5, 5.41) is 6.64. The Labute approximate surface area is 193 Å². The maximum atomic E-state index is 12.4. The van der Waals surface area contributed by atoms with Gasteiger partial charge in [-0.15, -0.1) is 11.3 Å². The second kappa shape index (κ2) is 8.41. The fourth-order valence-corrected chi connectivity index (χ4v) is 6.10. The highest BCUT2D eigenvalue weighted by Gasteiger charge is 2.31. The lowest BCUT2D eigenvalue weighted by Crippen LogP contribution is -2.35. The van der Waals surface area contributed by atoms with Crippen LogP contribution in [0.25, 0.3) is 20.4 Å². The molecule has 1 aliphatic carbocycles. The quantitative estimate of drug-likeness (QED) is 0.380. The first-order valence-corrected chi connectivity index (χ1v) is 11.9. The third-order valence-electron chi connectivity index (χ3n) is 5.61. The van der Waals surface area contributed by atoms with E-state index in [9.17, 15) is 22.8 Å². The van der Waals surface area contributed by atoms with Gasteiger partial charge >= 0.3 is 11.0 Å². The highest BCUT2D eigenvalue weighted by atomic mass is 32.1. The topological polar surface area (TPSA) is 99.8 Å². The Balaban J connectivity index is 1.37. The Hall–Kier alpha value is -2.99. The number of nitrogens with one attached hydrogen (secondary N) is 3. The molecule has 0 fully saturated rings. The smallest absolute Gasteiger partial charge is 0.356 e. The molecule has 0 radical (unpaired) electrons. The normalized spacial score (nSPS) is 16.2. The van der Waals surface area contributed by atoms with Gasteiger partial charge in [0.05, 0.1) is 22.0 Å². The molecule has 33 heavy (non-hydrogen) atoms. The molecule has 1 unspecified atom stereocenters. The summed E-state index contributed by atoms with van der Waals surface area (Å²) in [6, 6.07) is 5.57. The summed E-state index contributed by atoms with van der Waals surface area (Å²) < 4.78 is 37.9. The number of halogens is 3. The van der Waals surface area contributed by atoms with Crippen LogP contribution in [0.15, 0.2) is 29.3 Å². The third kappa shape index (κ3) is 4.58. The lowest BCUT2D eigenvalue weighted by atomic mass is 9.87. The zero-order valence-electron chi connectivity index (χ0n) is 17.1.